The van der Waals surface area contributed by atoms with Crippen molar-refractivity contribution in [2.45, 2.75) is 131 Å². The van der Waals surface area contributed by atoms with Crippen LogP contribution in [0.15, 0.2) is 0 Å². The predicted octanol–water partition coefficient (Wildman–Crippen LogP) is 8.15. The topological polar surface area (TPSA) is 29.1 Å². The number of carbonyl (C=O) groups excluding carboxylic acids is 1. The highest BCUT2D eigenvalue weighted by molar-refractivity contribution is 5.78. The largest absolute Gasteiger partial charge is 0.356 e. The molecule has 0 fully saturated rings. The van der Waals surface area contributed by atoms with Gasteiger partial charge >= 0.3 is 0 Å². The third-order valence-electron chi connectivity index (χ3n) is 6.55. The summed E-state index contributed by atoms with van der Waals surface area (Å²) in [5.74, 6) is 2.80. The third-order valence-corrected chi connectivity index (χ3v) is 6.55. The summed E-state index contributed by atoms with van der Waals surface area (Å²) in [6.07, 6.45) is 17.3. The lowest BCUT2D eigenvalue weighted by atomic mass is 9.89. The number of carbonyl (C=O) groups is 1. The minimum Gasteiger partial charge on any atom is -0.356 e. The molecule has 0 aliphatic rings. The standard InChI is InChI=1S/C26H53NO/c1-7-11-17-24(10-4)21-27-26(28)25(20-19-23(6)15-9-3)18-13-12-16-22(5)14-8-2/h22-25H,7-21H2,1-6H3,(H,27,28). The van der Waals surface area contributed by atoms with E-state index < -0.39 is 0 Å². The smallest absolute Gasteiger partial charge is 0.223 e. The minimum absolute atomic E-state index is 0.226. The van der Waals surface area contributed by atoms with Gasteiger partial charge in [-0.3, -0.25) is 4.79 Å². The van der Waals surface area contributed by atoms with Crippen LogP contribution in [0.3, 0.4) is 0 Å². The summed E-state index contributed by atoms with van der Waals surface area (Å²) in [6.45, 7) is 14.7. The van der Waals surface area contributed by atoms with Crippen LogP contribution in [-0.4, -0.2) is 12.5 Å². The Balaban J connectivity index is 4.48. The van der Waals surface area contributed by atoms with Crippen molar-refractivity contribution in [1.82, 2.24) is 5.32 Å². The van der Waals surface area contributed by atoms with Gasteiger partial charge in [-0.25, -0.2) is 0 Å². The second-order valence-electron chi connectivity index (χ2n) is 9.51. The highest BCUT2D eigenvalue weighted by Crippen LogP contribution is 2.23. The van der Waals surface area contributed by atoms with E-state index >= 15 is 0 Å². The Morgan fingerprint density at radius 2 is 1.29 bits per heavy atom. The molecule has 2 heteroatoms. The van der Waals surface area contributed by atoms with Crippen LogP contribution < -0.4 is 5.32 Å². The molecule has 0 aromatic heterocycles. The molecule has 0 heterocycles. The Hall–Kier alpha value is -0.530. The fourth-order valence-corrected chi connectivity index (χ4v) is 4.38. The van der Waals surface area contributed by atoms with Crippen LogP contribution in [0.4, 0.5) is 0 Å². The Morgan fingerprint density at radius 1 is 0.679 bits per heavy atom. The van der Waals surface area contributed by atoms with Crippen molar-refractivity contribution in [3.05, 3.63) is 0 Å². The average Bonchev–Trinajstić information content (AvgIpc) is 2.67. The lowest BCUT2D eigenvalue weighted by molar-refractivity contribution is -0.125. The Kier molecular flexibility index (Phi) is 18.1. The summed E-state index contributed by atoms with van der Waals surface area (Å²) in [5.41, 5.74) is 0. The number of hydrogen-bond donors (Lipinski definition) is 1. The SMILES string of the molecule is CCCCC(CC)CNC(=O)C(CCCCC(C)CCC)CCC(C)CCC. The fraction of sp³-hybridized carbons (Fsp3) is 0.962. The van der Waals surface area contributed by atoms with Gasteiger partial charge in [-0.05, 0) is 43.4 Å². The first-order valence-corrected chi connectivity index (χ1v) is 12.8. The highest BCUT2D eigenvalue weighted by atomic mass is 16.1. The molecule has 0 aromatic rings. The molecular formula is C26H53NO. The molecule has 1 amide bonds. The van der Waals surface area contributed by atoms with E-state index in [0.29, 0.717) is 11.8 Å². The lowest BCUT2D eigenvalue weighted by Gasteiger charge is -2.21. The van der Waals surface area contributed by atoms with Gasteiger partial charge in [0.2, 0.25) is 5.91 Å². The van der Waals surface area contributed by atoms with Gasteiger partial charge in [0.1, 0.15) is 0 Å². The van der Waals surface area contributed by atoms with Crippen LogP contribution in [0.25, 0.3) is 0 Å². The molecule has 4 unspecified atom stereocenters. The molecule has 0 rings (SSSR count). The molecule has 28 heavy (non-hydrogen) atoms. The summed E-state index contributed by atoms with van der Waals surface area (Å²) < 4.78 is 0. The number of rotatable bonds is 19. The highest BCUT2D eigenvalue weighted by Gasteiger charge is 2.20. The van der Waals surface area contributed by atoms with Gasteiger partial charge in [0, 0.05) is 12.5 Å². The molecule has 0 bridgehead atoms. The third kappa shape index (κ3) is 14.5. The molecule has 0 spiro atoms. The summed E-state index contributed by atoms with van der Waals surface area (Å²) in [5, 5.41) is 3.33. The molecular weight excluding hydrogens is 342 g/mol. The Labute approximate surface area is 178 Å². The number of amides is 1. The van der Waals surface area contributed by atoms with E-state index in [-0.39, 0.29) is 5.92 Å². The molecule has 0 aliphatic carbocycles. The molecule has 4 atom stereocenters. The van der Waals surface area contributed by atoms with Crippen LogP contribution in [0.2, 0.25) is 0 Å². The summed E-state index contributed by atoms with van der Waals surface area (Å²) >= 11 is 0. The van der Waals surface area contributed by atoms with Crippen LogP contribution in [-0.2, 0) is 4.79 Å². The van der Waals surface area contributed by atoms with Crippen molar-refractivity contribution in [3.63, 3.8) is 0 Å². The van der Waals surface area contributed by atoms with E-state index in [4.69, 9.17) is 0 Å². The molecule has 0 radical (unpaired) electrons. The van der Waals surface area contributed by atoms with Gasteiger partial charge in [-0.1, -0.05) is 106 Å². The van der Waals surface area contributed by atoms with Crippen LogP contribution >= 0.6 is 0 Å². The first-order valence-electron chi connectivity index (χ1n) is 12.8. The van der Waals surface area contributed by atoms with Crippen molar-refractivity contribution in [2.75, 3.05) is 6.54 Å². The Morgan fingerprint density at radius 3 is 1.86 bits per heavy atom. The second-order valence-corrected chi connectivity index (χ2v) is 9.51. The lowest BCUT2D eigenvalue weighted by Crippen LogP contribution is -2.34. The van der Waals surface area contributed by atoms with Crippen LogP contribution in [0, 0.1) is 23.7 Å². The molecule has 168 valence electrons. The zero-order valence-electron chi connectivity index (χ0n) is 20.3. The summed E-state index contributed by atoms with van der Waals surface area (Å²) in [6, 6.07) is 0. The van der Waals surface area contributed by atoms with Gasteiger partial charge in [0.25, 0.3) is 0 Å². The maximum atomic E-state index is 12.9. The van der Waals surface area contributed by atoms with Gasteiger partial charge < -0.3 is 5.32 Å². The van der Waals surface area contributed by atoms with Crippen molar-refractivity contribution < 1.29 is 4.79 Å². The van der Waals surface area contributed by atoms with E-state index in [1.165, 1.54) is 77.0 Å². The Bertz CT molecular complexity index is 354. The molecule has 0 saturated heterocycles. The maximum Gasteiger partial charge on any atom is 0.223 e. The predicted molar refractivity (Wildman–Crippen MR) is 126 cm³/mol. The zero-order valence-corrected chi connectivity index (χ0v) is 20.3. The number of nitrogens with one attached hydrogen (secondary N) is 1. The van der Waals surface area contributed by atoms with Crippen LogP contribution in [0.5, 0.6) is 0 Å². The van der Waals surface area contributed by atoms with Crippen molar-refractivity contribution in [3.8, 4) is 0 Å². The quantitative estimate of drug-likeness (QED) is 0.220. The van der Waals surface area contributed by atoms with Gasteiger partial charge in [0.05, 0.1) is 0 Å². The van der Waals surface area contributed by atoms with Crippen LogP contribution in [0.1, 0.15) is 131 Å². The molecule has 0 aliphatic heterocycles. The zero-order chi connectivity index (χ0) is 21.2. The first-order chi connectivity index (χ1) is 13.5. The fourth-order valence-electron chi connectivity index (χ4n) is 4.38. The molecule has 0 saturated carbocycles. The van der Waals surface area contributed by atoms with Gasteiger partial charge in [-0.2, -0.15) is 0 Å². The average molecular weight is 396 g/mol. The van der Waals surface area contributed by atoms with Gasteiger partial charge in [0.15, 0.2) is 0 Å². The molecule has 1 N–H and O–H groups in total. The summed E-state index contributed by atoms with van der Waals surface area (Å²) in [7, 11) is 0. The summed E-state index contributed by atoms with van der Waals surface area (Å²) in [4.78, 5) is 12.9. The van der Waals surface area contributed by atoms with E-state index in [2.05, 4.69) is 46.9 Å². The second kappa shape index (κ2) is 18.5. The van der Waals surface area contributed by atoms with E-state index in [1.54, 1.807) is 0 Å². The van der Waals surface area contributed by atoms with Crippen molar-refractivity contribution >= 4 is 5.91 Å². The normalized spacial score (nSPS) is 15.8. The van der Waals surface area contributed by atoms with Crippen molar-refractivity contribution in [1.29, 1.82) is 0 Å². The van der Waals surface area contributed by atoms with E-state index in [1.807, 2.05) is 0 Å². The minimum atomic E-state index is 0.226. The number of hydrogen-bond acceptors (Lipinski definition) is 1. The number of unbranched alkanes of at least 4 members (excludes halogenated alkanes) is 2. The maximum absolute atomic E-state index is 12.9. The first kappa shape index (κ1) is 27.5. The monoisotopic (exact) mass is 395 g/mol. The molecule has 2 nitrogen and oxygen atoms in total. The van der Waals surface area contributed by atoms with Crippen molar-refractivity contribution in [2.24, 2.45) is 23.7 Å². The van der Waals surface area contributed by atoms with E-state index in [9.17, 15) is 4.79 Å². The molecule has 0 aromatic carbocycles. The van der Waals surface area contributed by atoms with E-state index in [0.717, 1.165) is 31.2 Å². The van der Waals surface area contributed by atoms with Gasteiger partial charge in [-0.15, -0.1) is 0 Å².